The Morgan fingerprint density at radius 1 is 1.50 bits per heavy atom. The van der Waals surface area contributed by atoms with E-state index in [1.165, 1.54) is 0 Å². The number of alkyl halides is 2. The summed E-state index contributed by atoms with van der Waals surface area (Å²) < 4.78 is 5.41. The van der Waals surface area contributed by atoms with Crippen molar-refractivity contribution >= 4 is 29.1 Å². The number of carbonyl (C=O) groups is 1. The van der Waals surface area contributed by atoms with E-state index in [9.17, 15) is 4.79 Å². The molecule has 1 N–H and O–H groups in total. The largest absolute Gasteiger partial charge is 0.368 e. The lowest BCUT2D eigenvalue weighted by Gasteiger charge is -2.31. The summed E-state index contributed by atoms with van der Waals surface area (Å²) in [5.41, 5.74) is -0.508. The van der Waals surface area contributed by atoms with Crippen LogP contribution in [-0.4, -0.2) is 35.9 Å². The van der Waals surface area contributed by atoms with Crippen molar-refractivity contribution in [3.05, 3.63) is 0 Å². The summed E-state index contributed by atoms with van der Waals surface area (Å²) in [5.74, 6) is 0.813. The topological polar surface area (TPSA) is 38.3 Å². The van der Waals surface area contributed by atoms with E-state index in [1.54, 1.807) is 0 Å². The fraction of sp³-hybridized carbons (Fsp3) is 0.909. The van der Waals surface area contributed by atoms with Crippen molar-refractivity contribution in [1.82, 2.24) is 5.32 Å². The minimum Gasteiger partial charge on any atom is -0.368 e. The first-order chi connectivity index (χ1) is 7.58. The summed E-state index contributed by atoms with van der Waals surface area (Å²) in [7, 11) is 0. The monoisotopic (exact) mass is 267 g/mol. The lowest BCUT2D eigenvalue weighted by atomic mass is 9.98. The summed E-state index contributed by atoms with van der Waals surface area (Å²) in [4.78, 5) is 12.0. The number of nitrogens with one attached hydrogen (secondary N) is 1. The molecular weight excluding hydrogens is 249 g/mol. The van der Waals surface area contributed by atoms with E-state index < -0.39 is 5.54 Å². The smallest absolute Gasteiger partial charge is 0.249 e. The second-order valence-corrected chi connectivity index (χ2v) is 4.98. The molecule has 1 heterocycles. The predicted molar refractivity (Wildman–Crippen MR) is 66.1 cm³/mol. The molecule has 0 saturated carbocycles. The minimum atomic E-state index is -0.508. The van der Waals surface area contributed by atoms with Gasteiger partial charge in [0.25, 0.3) is 0 Å². The molecule has 2 unspecified atom stereocenters. The predicted octanol–water partition coefficient (Wildman–Crippen LogP) is 2.15. The third kappa shape index (κ3) is 3.02. The molecule has 1 aliphatic rings. The molecule has 1 fully saturated rings. The fourth-order valence-electron chi connectivity index (χ4n) is 1.74. The van der Waals surface area contributed by atoms with Crippen molar-refractivity contribution in [2.45, 2.75) is 38.3 Å². The second kappa shape index (κ2) is 6.08. The van der Waals surface area contributed by atoms with Crippen LogP contribution in [0.3, 0.4) is 0 Å². The summed E-state index contributed by atoms with van der Waals surface area (Å²) in [5, 5.41) is 2.92. The first-order valence-corrected chi connectivity index (χ1v) is 6.71. The Balaban J connectivity index is 2.61. The van der Waals surface area contributed by atoms with Gasteiger partial charge < -0.3 is 10.1 Å². The lowest BCUT2D eigenvalue weighted by Crippen LogP contribution is -2.54. The van der Waals surface area contributed by atoms with Gasteiger partial charge in [0, 0.05) is 18.4 Å². The zero-order valence-electron chi connectivity index (χ0n) is 9.76. The van der Waals surface area contributed by atoms with E-state index in [0.717, 1.165) is 6.42 Å². The number of ether oxygens (including phenoxy) is 1. The van der Waals surface area contributed by atoms with E-state index in [2.05, 4.69) is 5.32 Å². The molecule has 1 rings (SSSR count). The maximum absolute atomic E-state index is 12.0. The Hall–Kier alpha value is 0.01000. The van der Waals surface area contributed by atoms with Crippen molar-refractivity contribution in [3.63, 3.8) is 0 Å². The van der Waals surface area contributed by atoms with Crippen LogP contribution in [0.2, 0.25) is 0 Å². The van der Waals surface area contributed by atoms with Crippen molar-refractivity contribution in [2.24, 2.45) is 5.92 Å². The van der Waals surface area contributed by atoms with Gasteiger partial charge in [-0.25, -0.2) is 0 Å². The average molecular weight is 268 g/mol. The van der Waals surface area contributed by atoms with Crippen LogP contribution < -0.4 is 5.32 Å². The molecule has 0 radical (unpaired) electrons. The van der Waals surface area contributed by atoms with Gasteiger partial charge in [-0.2, -0.15) is 0 Å². The van der Waals surface area contributed by atoms with Crippen LogP contribution in [0.15, 0.2) is 0 Å². The summed E-state index contributed by atoms with van der Waals surface area (Å²) in [6, 6.07) is 0. The molecule has 1 amide bonds. The maximum Gasteiger partial charge on any atom is 0.249 e. The molecule has 0 aromatic rings. The number of hydrogen-bond donors (Lipinski definition) is 1. The molecule has 2 atom stereocenters. The van der Waals surface area contributed by atoms with Crippen molar-refractivity contribution < 1.29 is 9.53 Å². The Kier molecular flexibility index (Phi) is 5.35. The molecule has 0 aromatic heterocycles. The van der Waals surface area contributed by atoms with E-state index in [4.69, 9.17) is 27.9 Å². The standard InChI is InChI=1S/C11H19Cl2NO2/c1-3-11(6-12,7-13)14-10(15)9-8(2)4-5-16-9/h8-9H,3-7H2,1-2H3,(H,14,15). The minimum absolute atomic E-state index is 0.0897. The van der Waals surface area contributed by atoms with Gasteiger partial charge in [0.05, 0.1) is 5.54 Å². The Bertz CT molecular complexity index is 236. The van der Waals surface area contributed by atoms with Gasteiger partial charge in [-0.05, 0) is 18.8 Å². The van der Waals surface area contributed by atoms with Gasteiger partial charge in [0.15, 0.2) is 0 Å². The van der Waals surface area contributed by atoms with Gasteiger partial charge in [-0.1, -0.05) is 13.8 Å². The lowest BCUT2D eigenvalue weighted by molar-refractivity contribution is -0.133. The summed E-state index contributed by atoms with van der Waals surface area (Å²) in [6.45, 7) is 4.64. The van der Waals surface area contributed by atoms with Crippen LogP contribution in [-0.2, 0) is 9.53 Å². The first-order valence-electron chi connectivity index (χ1n) is 5.64. The molecule has 1 saturated heterocycles. The van der Waals surface area contributed by atoms with Gasteiger partial charge >= 0.3 is 0 Å². The highest BCUT2D eigenvalue weighted by atomic mass is 35.5. The van der Waals surface area contributed by atoms with Crippen molar-refractivity contribution in [1.29, 1.82) is 0 Å². The molecule has 16 heavy (non-hydrogen) atoms. The quantitative estimate of drug-likeness (QED) is 0.776. The maximum atomic E-state index is 12.0. The second-order valence-electron chi connectivity index (χ2n) is 4.45. The molecule has 0 aliphatic carbocycles. The number of halogens is 2. The highest BCUT2D eigenvalue weighted by Crippen LogP contribution is 2.22. The SMILES string of the molecule is CCC(CCl)(CCl)NC(=O)C1OCCC1C. The molecule has 0 bridgehead atoms. The van der Waals surface area contributed by atoms with Crippen LogP contribution in [0.5, 0.6) is 0 Å². The van der Waals surface area contributed by atoms with Gasteiger partial charge in [-0.3, -0.25) is 4.79 Å². The number of hydrogen-bond acceptors (Lipinski definition) is 2. The third-order valence-corrected chi connectivity index (χ3v) is 4.25. The molecule has 1 aliphatic heterocycles. The molecule has 5 heteroatoms. The van der Waals surface area contributed by atoms with Gasteiger partial charge in [0.1, 0.15) is 6.10 Å². The Morgan fingerprint density at radius 3 is 2.50 bits per heavy atom. The normalized spacial score (nSPS) is 25.8. The first kappa shape index (κ1) is 14.1. The third-order valence-electron chi connectivity index (χ3n) is 3.22. The zero-order chi connectivity index (χ0) is 12.2. The van der Waals surface area contributed by atoms with Gasteiger partial charge in [0.2, 0.25) is 5.91 Å². The van der Waals surface area contributed by atoms with E-state index >= 15 is 0 Å². The van der Waals surface area contributed by atoms with Crippen LogP contribution in [0, 0.1) is 5.92 Å². The molecule has 94 valence electrons. The highest BCUT2D eigenvalue weighted by molar-refractivity contribution is 6.22. The zero-order valence-corrected chi connectivity index (χ0v) is 11.3. The van der Waals surface area contributed by atoms with Crippen molar-refractivity contribution in [2.75, 3.05) is 18.4 Å². The Labute approximate surface area is 107 Å². The van der Waals surface area contributed by atoms with Crippen molar-refractivity contribution in [3.8, 4) is 0 Å². The molecular formula is C11H19Cl2NO2. The van der Waals surface area contributed by atoms with Crippen LogP contribution in [0.1, 0.15) is 26.7 Å². The van der Waals surface area contributed by atoms with E-state index in [-0.39, 0.29) is 17.9 Å². The highest BCUT2D eigenvalue weighted by Gasteiger charge is 2.36. The van der Waals surface area contributed by atoms with Crippen LogP contribution in [0.4, 0.5) is 0 Å². The number of amides is 1. The summed E-state index contributed by atoms with van der Waals surface area (Å²) >= 11 is 11.7. The molecule has 0 spiro atoms. The molecule has 3 nitrogen and oxygen atoms in total. The fourth-order valence-corrected chi connectivity index (χ4v) is 2.54. The molecule has 0 aromatic carbocycles. The van der Waals surface area contributed by atoms with Crippen LogP contribution >= 0.6 is 23.2 Å². The number of carbonyl (C=O) groups excluding carboxylic acids is 1. The number of rotatable bonds is 5. The van der Waals surface area contributed by atoms with Crippen LogP contribution in [0.25, 0.3) is 0 Å². The Morgan fingerprint density at radius 2 is 2.12 bits per heavy atom. The average Bonchev–Trinajstić information content (AvgIpc) is 2.72. The van der Waals surface area contributed by atoms with E-state index in [0.29, 0.717) is 24.8 Å². The summed E-state index contributed by atoms with van der Waals surface area (Å²) in [6.07, 6.45) is 1.29. The van der Waals surface area contributed by atoms with E-state index in [1.807, 2.05) is 13.8 Å². The van der Waals surface area contributed by atoms with Gasteiger partial charge in [-0.15, -0.1) is 23.2 Å².